The smallest absolute Gasteiger partial charge is 0.145 e. The topological polar surface area (TPSA) is 18.1 Å². The first-order valence-corrected chi connectivity index (χ1v) is 14.8. The molecule has 1 aliphatic carbocycles. The Morgan fingerprint density at radius 3 is 2.34 bits per heavy atom. The van der Waals surface area contributed by atoms with Crippen molar-refractivity contribution in [3.8, 4) is 16.8 Å². The summed E-state index contributed by atoms with van der Waals surface area (Å²) in [6, 6.07) is 42.5. The van der Waals surface area contributed by atoms with Gasteiger partial charge >= 0.3 is 0 Å². The molecule has 0 bridgehead atoms. The number of hydrogen-bond acceptors (Lipinski definition) is 1. The highest BCUT2D eigenvalue weighted by atomic mass is 79.9. The lowest BCUT2D eigenvalue weighted by Gasteiger charge is -2.39. The Hall–Kier alpha value is -4.60. The van der Waals surface area contributed by atoms with Crippen LogP contribution in [0.5, 0.6) is 0 Å². The third kappa shape index (κ3) is 2.47. The van der Waals surface area contributed by atoms with Crippen molar-refractivity contribution in [1.82, 2.24) is 4.57 Å². The second kappa shape index (κ2) is 7.37. The van der Waals surface area contributed by atoms with Gasteiger partial charge in [0.05, 0.1) is 27.5 Å². The Morgan fingerprint density at radius 1 is 0.634 bits per heavy atom. The molecule has 3 heteroatoms. The summed E-state index contributed by atoms with van der Waals surface area (Å²) in [6.45, 7) is 2.18. The van der Waals surface area contributed by atoms with Crippen molar-refractivity contribution >= 4 is 59.7 Å². The zero-order chi connectivity index (χ0) is 27.0. The van der Waals surface area contributed by atoms with Crippen LogP contribution >= 0.6 is 15.9 Å². The van der Waals surface area contributed by atoms with Crippen LogP contribution < -0.4 is 0 Å². The summed E-state index contributed by atoms with van der Waals surface area (Å²) in [4.78, 5) is 0. The Morgan fingerprint density at radius 2 is 1.41 bits per heavy atom. The molecule has 1 unspecified atom stereocenters. The zero-order valence-corrected chi connectivity index (χ0v) is 23.8. The van der Waals surface area contributed by atoms with Crippen LogP contribution in [0.1, 0.15) is 27.8 Å². The predicted octanol–water partition coefficient (Wildman–Crippen LogP) is 10.4. The molecule has 10 rings (SSSR count). The second-order valence-corrected chi connectivity index (χ2v) is 12.4. The van der Waals surface area contributed by atoms with Crippen LogP contribution in [0, 0.1) is 6.92 Å². The summed E-state index contributed by atoms with van der Waals surface area (Å²) in [7, 11) is 0. The summed E-state index contributed by atoms with van der Waals surface area (Å²) >= 11 is 3.85. The standard InChI is InChI=1S/C38H22BrNO/c1-21-14-16-26-33(18-21)40-32-12-6-5-11-29(32)38(28-10-4-2-8-23(28)24-17-15-22(39)19-30(24)38)31-20-27-25-9-3-7-13-34(25)41-37(27)35(26)36(31)40/h2-20H,1H3. The van der Waals surface area contributed by atoms with E-state index < -0.39 is 5.41 Å². The van der Waals surface area contributed by atoms with Gasteiger partial charge < -0.3 is 8.98 Å². The highest BCUT2D eigenvalue weighted by Crippen LogP contribution is 2.62. The van der Waals surface area contributed by atoms with E-state index in [0.29, 0.717) is 0 Å². The van der Waals surface area contributed by atoms with Crippen LogP contribution in [0.2, 0.25) is 0 Å². The molecule has 2 aliphatic rings. The van der Waals surface area contributed by atoms with E-state index in [2.05, 4.69) is 143 Å². The van der Waals surface area contributed by atoms with Crippen LogP contribution in [-0.4, -0.2) is 4.57 Å². The van der Waals surface area contributed by atoms with Crippen LogP contribution in [0.4, 0.5) is 0 Å². The van der Waals surface area contributed by atoms with Gasteiger partial charge in [-0.15, -0.1) is 0 Å². The maximum absolute atomic E-state index is 6.72. The van der Waals surface area contributed by atoms with Gasteiger partial charge in [0.2, 0.25) is 0 Å². The maximum Gasteiger partial charge on any atom is 0.145 e. The lowest BCUT2D eigenvalue weighted by atomic mass is 9.65. The van der Waals surface area contributed by atoms with E-state index in [4.69, 9.17) is 4.42 Å². The van der Waals surface area contributed by atoms with Crippen molar-refractivity contribution in [2.75, 3.05) is 0 Å². The summed E-state index contributed by atoms with van der Waals surface area (Å²) < 4.78 is 10.3. The number of rotatable bonds is 0. The van der Waals surface area contributed by atoms with Gasteiger partial charge in [-0.3, -0.25) is 0 Å². The van der Waals surface area contributed by atoms with Crippen molar-refractivity contribution in [3.05, 3.63) is 148 Å². The van der Waals surface area contributed by atoms with Crippen molar-refractivity contribution in [2.24, 2.45) is 0 Å². The van der Waals surface area contributed by atoms with Crippen molar-refractivity contribution in [2.45, 2.75) is 12.3 Å². The molecule has 1 aliphatic heterocycles. The molecule has 0 amide bonds. The zero-order valence-electron chi connectivity index (χ0n) is 22.2. The van der Waals surface area contributed by atoms with Gasteiger partial charge in [-0.1, -0.05) is 94.8 Å². The molecule has 192 valence electrons. The number of aryl methyl sites for hydroxylation is 1. The van der Waals surface area contributed by atoms with Crippen molar-refractivity contribution in [1.29, 1.82) is 0 Å². The minimum absolute atomic E-state index is 0.476. The number of benzene rings is 6. The molecule has 0 fully saturated rings. The minimum Gasteiger partial charge on any atom is -0.455 e. The molecule has 2 aromatic heterocycles. The molecule has 41 heavy (non-hydrogen) atoms. The molecule has 0 radical (unpaired) electrons. The maximum atomic E-state index is 6.72. The van der Waals surface area contributed by atoms with Gasteiger partial charge in [0, 0.05) is 20.6 Å². The predicted molar refractivity (Wildman–Crippen MR) is 171 cm³/mol. The number of fused-ring (bicyclic) bond motifs is 16. The largest absolute Gasteiger partial charge is 0.455 e. The second-order valence-electron chi connectivity index (χ2n) is 11.5. The van der Waals surface area contributed by atoms with Gasteiger partial charge in [-0.05, 0) is 82.3 Å². The first-order valence-electron chi connectivity index (χ1n) is 14.1. The first-order chi connectivity index (χ1) is 20.2. The third-order valence-corrected chi connectivity index (χ3v) is 9.98. The number of furan rings is 1. The quantitative estimate of drug-likeness (QED) is 0.172. The van der Waals surface area contributed by atoms with Crippen molar-refractivity contribution in [3.63, 3.8) is 0 Å². The summed E-state index contributed by atoms with van der Waals surface area (Å²) in [5.41, 5.74) is 14.2. The first kappa shape index (κ1) is 22.1. The molecule has 2 nitrogen and oxygen atoms in total. The average molecular weight is 589 g/mol. The van der Waals surface area contributed by atoms with Gasteiger partial charge in [0.1, 0.15) is 11.2 Å². The van der Waals surface area contributed by atoms with Crippen LogP contribution in [-0.2, 0) is 5.41 Å². The fourth-order valence-corrected chi connectivity index (χ4v) is 8.35. The molecule has 1 atom stereocenters. The molecule has 6 aromatic carbocycles. The van der Waals surface area contributed by atoms with Crippen molar-refractivity contribution < 1.29 is 4.42 Å². The molecule has 1 spiro atoms. The summed E-state index contributed by atoms with van der Waals surface area (Å²) in [6.07, 6.45) is 0. The molecule has 0 N–H and O–H groups in total. The SMILES string of the molecule is Cc1ccc2c3c4oc5ccccc5c4cc4c3n(c2c1)-c1ccccc1C41c2ccccc2-c2ccc(Br)cc21. The van der Waals surface area contributed by atoms with E-state index in [9.17, 15) is 0 Å². The summed E-state index contributed by atoms with van der Waals surface area (Å²) in [5.74, 6) is 0. The Kier molecular flexibility index (Phi) is 3.98. The Bertz CT molecular complexity index is 2460. The van der Waals surface area contributed by atoms with Crippen LogP contribution in [0.15, 0.2) is 124 Å². The number of hydrogen-bond donors (Lipinski definition) is 0. The Labute approximate surface area is 244 Å². The van der Waals surface area contributed by atoms with E-state index >= 15 is 0 Å². The van der Waals surface area contributed by atoms with E-state index in [1.54, 1.807) is 0 Å². The molecule has 0 saturated heterocycles. The van der Waals surface area contributed by atoms with E-state index in [0.717, 1.165) is 21.0 Å². The number of nitrogens with zero attached hydrogens (tertiary/aromatic N) is 1. The lowest BCUT2D eigenvalue weighted by Crippen LogP contribution is -2.33. The molecule has 0 saturated carbocycles. The molecule has 3 heterocycles. The summed E-state index contributed by atoms with van der Waals surface area (Å²) in [5, 5.41) is 4.74. The van der Waals surface area contributed by atoms with Gasteiger partial charge in [0.25, 0.3) is 0 Å². The van der Waals surface area contributed by atoms with Crippen LogP contribution in [0.3, 0.4) is 0 Å². The minimum atomic E-state index is -0.476. The van der Waals surface area contributed by atoms with Crippen LogP contribution in [0.25, 0.3) is 60.6 Å². The fourth-order valence-electron chi connectivity index (χ4n) is 7.99. The number of para-hydroxylation sites is 2. The highest BCUT2D eigenvalue weighted by molar-refractivity contribution is 9.10. The lowest BCUT2D eigenvalue weighted by molar-refractivity contribution is 0.672. The molecular formula is C38H22BrNO. The number of halogens is 1. The normalized spacial score (nSPS) is 16.6. The highest BCUT2D eigenvalue weighted by Gasteiger charge is 2.51. The molecule has 8 aromatic rings. The van der Waals surface area contributed by atoms with E-state index in [1.807, 2.05) is 0 Å². The average Bonchev–Trinajstić information content (AvgIpc) is 3.63. The molecular weight excluding hydrogens is 566 g/mol. The van der Waals surface area contributed by atoms with Gasteiger partial charge in [-0.25, -0.2) is 0 Å². The third-order valence-electron chi connectivity index (χ3n) is 9.49. The van der Waals surface area contributed by atoms with Gasteiger partial charge in [-0.2, -0.15) is 0 Å². The number of aromatic nitrogens is 1. The van der Waals surface area contributed by atoms with Gasteiger partial charge in [0.15, 0.2) is 0 Å². The van der Waals surface area contributed by atoms with E-state index in [1.165, 1.54) is 71.8 Å². The monoisotopic (exact) mass is 587 g/mol. The Balaban J connectivity index is 1.56. The van der Waals surface area contributed by atoms with E-state index in [-0.39, 0.29) is 0 Å². The fraction of sp³-hybridized carbons (Fsp3) is 0.0526.